The molecule has 0 bridgehead atoms. The maximum absolute atomic E-state index is 11.4. The van der Waals surface area contributed by atoms with Gasteiger partial charge in [0.15, 0.2) is 0 Å². The van der Waals surface area contributed by atoms with Gasteiger partial charge in [-0.25, -0.2) is 0 Å². The molecule has 0 fully saturated rings. The van der Waals surface area contributed by atoms with Crippen molar-refractivity contribution in [1.29, 1.82) is 0 Å². The number of carbonyl (C=O) groups excluding carboxylic acids is 1. The molecule has 0 unspecified atom stereocenters. The lowest BCUT2D eigenvalue weighted by molar-refractivity contribution is -0.384. The summed E-state index contributed by atoms with van der Waals surface area (Å²) in [6.45, 7) is 0. The highest BCUT2D eigenvalue weighted by atomic mass is 31.1. The normalized spacial score (nSPS) is 11.9. The first-order chi connectivity index (χ1) is 12.7. The van der Waals surface area contributed by atoms with Crippen LogP contribution in [-0.2, 0) is 4.79 Å². The maximum atomic E-state index is 11.4. The van der Waals surface area contributed by atoms with Gasteiger partial charge in [0.1, 0.15) is 6.29 Å². The van der Waals surface area contributed by atoms with Crippen molar-refractivity contribution in [2.75, 3.05) is 0 Å². The van der Waals surface area contributed by atoms with E-state index in [9.17, 15) is 14.9 Å². The molecule has 0 saturated heterocycles. The van der Waals surface area contributed by atoms with Gasteiger partial charge in [-0.15, -0.1) is 0 Å². The number of nitro benzene ring substituents is 1. The molecular weight excluding hydrogens is 345 g/mol. The fourth-order valence-electron chi connectivity index (χ4n) is 2.99. The van der Waals surface area contributed by atoms with Crippen LogP contribution in [0.1, 0.15) is 17.6 Å². The van der Waals surface area contributed by atoms with Gasteiger partial charge in [-0.1, -0.05) is 72.8 Å². The first-order valence-corrected chi connectivity index (χ1v) is 9.69. The molecule has 4 nitrogen and oxygen atoms in total. The molecule has 5 heteroatoms. The van der Waals surface area contributed by atoms with Crippen molar-refractivity contribution >= 4 is 30.5 Å². The molecule has 0 heterocycles. The lowest BCUT2D eigenvalue weighted by atomic mass is 10.1. The van der Waals surface area contributed by atoms with Crippen LogP contribution in [0.3, 0.4) is 0 Å². The Morgan fingerprint density at radius 3 is 1.77 bits per heavy atom. The molecule has 26 heavy (non-hydrogen) atoms. The second-order valence-corrected chi connectivity index (χ2v) is 8.20. The van der Waals surface area contributed by atoms with Crippen molar-refractivity contribution in [3.8, 4) is 0 Å². The summed E-state index contributed by atoms with van der Waals surface area (Å²) in [4.78, 5) is 22.0. The topological polar surface area (TPSA) is 60.2 Å². The van der Waals surface area contributed by atoms with Crippen LogP contribution in [0.15, 0.2) is 84.9 Å². The Labute approximate surface area is 153 Å². The predicted molar refractivity (Wildman–Crippen MR) is 106 cm³/mol. The van der Waals surface area contributed by atoms with Gasteiger partial charge in [-0.3, -0.25) is 10.1 Å². The number of benzene rings is 3. The summed E-state index contributed by atoms with van der Waals surface area (Å²) in [5.41, 5.74) is 0.969. The van der Waals surface area contributed by atoms with Gasteiger partial charge in [0.2, 0.25) is 0 Å². The molecule has 0 aromatic heterocycles. The van der Waals surface area contributed by atoms with E-state index in [-0.39, 0.29) is 11.3 Å². The van der Waals surface area contributed by atoms with E-state index in [1.165, 1.54) is 22.7 Å². The van der Waals surface area contributed by atoms with Crippen LogP contribution in [0, 0.1) is 10.1 Å². The molecule has 0 amide bonds. The van der Waals surface area contributed by atoms with E-state index in [0.717, 1.165) is 11.8 Å². The summed E-state index contributed by atoms with van der Waals surface area (Å²) in [5, 5.41) is 13.3. The Morgan fingerprint density at radius 1 is 0.846 bits per heavy atom. The Bertz CT molecular complexity index is 827. The zero-order chi connectivity index (χ0) is 18.4. The standard InChI is InChI=1S/C21H18NO3P/c23-16-15-21(17-11-13-18(14-12-17)22(24)25)26(19-7-3-1-4-8-19)20-9-5-2-6-10-20/h1-14,16,21H,15H2/t21-/m0/s1. The van der Waals surface area contributed by atoms with E-state index in [1.54, 1.807) is 12.1 Å². The number of hydrogen-bond acceptors (Lipinski definition) is 3. The van der Waals surface area contributed by atoms with Crippen molar-refractivity contribution in [2.24, 2.45) is 0 Å². The summed E-state index contributed by atoms with van der Waals surface area (Å²) >= 11 is 0. The Hall–Kier alpha value is -2.84. The maximum Gasteiger partial charge on any atom is 0.269 e. The summed E-state index contributed by atoms with van der Waals surface area (Å²) in [6.07, 6.45) is 1.31. The van der Waals surface area contributed by atoms with Crippen LogP contribution in [0.2, 0.25) is 0 Å². The first-order valence-electron chi connectivity index (χ1n) is 8.28. The number of nitrogens with zero attached hydrogens (tertiary/aromatic N) is 1. The fraction of sp³-hybridized carbons (Fsp3) is 0.0952. The van der Waals surface area contributed by atoms with E-state index < -0.39 is 12.8 Å². The van der Waals surface area contributed by atoms with Gasteiger partial charge in [0.05, 0.1) is 4.92 Å². The Balaban J connectivity index is 2.08. The quantitative estimate of drug-likeness (QED) is 0.271. The predicted octanol–water partition coefficient (Wildman–Crippen LogP) is 4.36. The molecule has 0 aliphatic rings. The minimum Gasteiger partial charge on any atom is -0.303 e. The number of hydrogen-bond donors (Lipinski definition) is 0. The highest BCUT2D eigenvalue weighted by molar-refractivity contribution is 7.73. The van der Waals surface area contributed by atoms with Crippen molar-refractivity contribution < 1.29 is 9.72 Å². The first kappa shape index (κ1) is 18.0. The number of rotatable bonds is 7. The van der Waals surface area contributed by atoms with E-state index in [0.29, 0.717) is 6.42 Å². The summed E-state index contributed by atoms with van der Waals surface area (Å²) in [7, 11) is -0.823. The molecule has 1 atom stereocenters. The van der Waals surface area contributed by atoms with Crippen molar-refractivity contribution in [2.45, 2.75) is 12.1 Å². The van der Waals surface area contributed by atoms with E-state index in [2.05, 4.69) is 24.3 Å². The van der Waals surface area contributed by atoms with E-state index in [1.807, 2.05) is 36.4 Å². The zero-order valence-electron chi connectivity index (χ0n) is 14.1. The van der Waals surface area contributed by atoms with Crippen molar-refractivity contribution in [1.82, 2.24) is 0 Å². The minimum absolute atomic E-state index is 0.0342. The van der Waals surface area contributed by atoms with Gasteiger partial charge in [-0.2, -0.15) is 0 Å². The Morgan fingerprint density at radius 2 is 1.35 bits per heavy atom. The molecule has 0 saturated carbocycles. The minimum atomic E-state index is -0.823. The molecule has 130 valence electrons. The number of non-ortho nitro benzene ring substituents is 1. The van der Waals surface area contributed by atoms with Gasteiger partial charge < -0.3 is 4.79 Å². The van der Waals surface area contributed by atoms with Crippen LogP contribution in [-0.4, -0.2) is 11.2 Å². The molecule has 3 rings (SSSR count). The molecule has 0 radical (unpaired) electrons. The average molecular weight is 363 g/mol. The third-order valence-corrected chi connectivity index (χ3v) is 7.03. The average Bonchev–Trinajstić information content (AvgIpc) is 2.69. The van der Waals surface area contributed by atoms with Crippen LogP contribution >= 0.6 is 7.92 Å². The lowest BCUT2D eigenvalue weighted by Crippen LogP contribution is -2.17. The SMILES string of the molecule is O=CC[C@@H](c1ccc([N+](=O)[O-])cc1)P(c1ccccc1)c1ccccc1. The monoisotopic (exact) mass is 363 g/mol. The number of nitro groups is 1. The summed E-state index contributed by atoms with van der Waals surface area (Å²) < 4.78 is 0. The molecule has 0 aliphatic carbocycles. The molecule has 3 aromatic carbocycles. The largest absolute Gasteiger partial charge is 0.303 e. The molecule has 0 aliphatic heterocycles. The van der Waals surface area contributed by atoms with Gasteiger partial charge >= 0.3 is 0 Å². The summed E-state index contributed by atoms with van der Waals surface area (Å²) in [6, 6.07) is 26.9. The van der Waals surface area contributed by atoms with Crippen LogP contribution in [0.4, 0.5) is 5.69 Å². The van der Waals surface area contributed by atoms with Crippen molar-refractivity contribution in [3.63, 3.8) is 0 Å². The number of carbonyl (C=O) groups is 1. The zero-order valence-corrected chi connectivity index (χ0v) is 15.0. The fourth-order valence-corrected chi connectivity index (χ4v) is 5.76. The summed E-state index contributed by atoms with van der Waals surface area (Å²) in [5.74, 6) is 0. The lowest BCUT2D eigenvalue weighted by Gasteiger charge is -2.28. The molecule has 0 N–H and O–H groups in total. The second-order valence-electron chi connectivity index (χ2n) is 5.81. The van der Waals surface area contributed by atoms with Crippen molar-refractivity contribution in [3.05, 3.63) is 101 Å². The van der Waals surface area contributed by atoms with Gasteiger partial charge in [-0.05, 0) is 24.1 Å². The Kier molecular flexibility index (Phi) is 5.88. The smallest absolute Gasteiger partial charge is 0.269 e. The van der Waals surface area contributed by atoms with E-state index >= 15 is 0 Å². The van der Waals surface area contributed by atoms with Crippen LogP contribution in [0.25, 0.3) is 0 Å². The van der Waals surface area contributed by atoms with Crippen LogP contribution in [0.5, 0.6) is 0 Å². The third-order valence-electron chi connectivity index (χ3n) is 4.19. The third kappa shape index (κ3) is 4.04. The molecule has 0 spiro atoms. The number of aldehydes is 1. The van der Waals surface area contributed by atoms with E-state index in [4.69, 9.17) is 0 Å². The molecular formula is C21H18NO3P. The second kappa shape index (κ2) is 8.50. The highest BCUT2D eigenvalue weighted by Crippen LogP contribution is 2.51. The van der Waals surface area contributed by atoms with Crippen LogP contribution < -0.4 is 10.6 Å². The highest BCUT2D eigenvalue weighted by Gasteiger charge is 2.26. The molecule has 3 aromatic rings. The van der Waals surface area contributed by atoms with Gasteiger partial charge in [0, 0.05) is 24.2 Å². The van der Waals surface area contributed by atoms with Gasteiger partial charge in [0.25, 0.3) is 5.69 Å².